The van der Waals surface area contributed by atoms with Gasteiger partial charge >= 0.3 is 0 Å². The van der Waals surface area contributed by atoms with Crippen molar-refractivity contribution in [2.45, 2.75) is 56.3 Å². The smallest absolute Gasteiger partial charge is 0.268 e. The number of piperazine rings is 1. The summed E-state index contributed by atoms with van der Waals surface area (Å²) in [6.07, 6.45) is 1.41. The quantitative estimate of drug-likeness (QED) is 0.535. The van der Waals surface area contributed by atoms with Gasteiger partial charge in [-0.05, 0) is 56.0 Å². The van der Waals surface area contributed by atoms with E-state index in [0.29, 0.717) is 18.0 Å². The first-order chi connectivity index (χ1) is 17.4. The molecule has 2 aromatic rings. The Balaban J connectivity index is 1.24. The molecule has 0 radical (unpaired) electrons. The molecule has 36 heavy (non-hydrogen) atoms. The van der Waals surface area contributed by atoms with Gasteiger partial charge in [-0.1, -0.05) is 0 Å². The molecule has 4 fully saturated rings. The molecule has 1 amide bonds. The van der Waals surface area contributed by atoms with E-state index in [-0.39, 0.29) is 42.9 Å². The summed E-state index contributed by atoms with van der Waals surface area (Å²) in [6, 6.07) is 7.62. The number of nitrogens with zero attached hydrogens (tertiary/aromatic N) is 4. The first-order valence-corrected chi connectivity index (χ1v) is 12.6. The number of benzene rings is 1. The van der Waals surface area contributed by atoms with Crippen LogP contribution in [0, 0.1) is 0 Å². The lowest BCUT2D eigenvalue weighted by Crippen LogP contribution is -2.44. The summed E-state index contributed by atoms with van der Waals surface area (Å²) in [5.74, 6) is 0.466. The molecule has 3 atom stereocenters. The molecule has 1 aliphatic carbocycles. The Hall–Kier alpha value is -3.05. The van der Waals surface area contributed by atoms with Crippen molar-refractivity contribution in [2.24, 2.45) is 0 Å². The normalized spacial score (nSPS) is 26.3. The molecule has 9 nitrogen and oxygen atoms in total. The number of carbonyl (C=O) groups excluding carboxylic acids is 1. The van der Waals surface area contributed by atoms with Crippen molar-refractivity contribution in [1.29, 1.82) is 0 Å². The third-order valence-corrected chi connectivity index (χ3v) is 7.60. The van der Waals surface area contributed by atoms with Crippen molar-refractivity contribution in [3.63, 3.8) is 0 Å². The molecule has 6 rings (SSSR count). The highest BCUT2D eigenvalue weighted by Gasteiger charge is 2.41. The monoisotopic (exact) mass is 499 g/mol. The first-order valence-electron chi connectivity index (χ1n) is 12.6. The van der Waals surface area contributed by atoms with Gasteiger partial charge in [0.05, 0.1) is 25.2 Å². The van der Waals surface area contributed by atoms with Gasteiger partial charge in [0.2, 0.25) is 11.9 Å². The highest BCUT2D eigenvalue weighted by Crippen LogP contribution is 2.46. The lowest BCUT2D eigenvalue weighted by Gasteiger charge is -2.34. The van der Waals surface area contributed by atoms with Crippen molar-refractivity contribution in [2.75, 3.05) is 48.9 Å². The topological polar surface area (TPSA) is 94.6 Å². The predicted octanol–water partition coefficient (Wildman–Crippen LogP) is 3.20. The molecule has 3 saturated heterocycles. The van der Waals surface area contributed by atoms with Crippen LogP contribution in [0.25, 0.3) is 0 Å². The number of likely N-dealkylation sites (N-methyl/N-ethyl adjacent to an activating group) is 1. The van der Waals surface area contributed by atoms with Crippen LogP contribution in [0.1, 0.15) is 49.2 Å². The van der Waals surface area contributed by atoms with E-state index in [4.69, 9.17) is 4.74 Å². The predicted molar refractivity (Wildman–Crippen MR) is 132 cm³/mol. The van der Waals surface area contributed by atoms with Gasteiger partial charge in [-0.2, -0.15) is 4.98 Å². The fraction of sp³-hybridized carbons (Fsp3) is 0.560. The van der Waals surface area contributed by atoms with Gasteiger partial charge in [-0.15, -0.1) is 0 Å². The van der Waals surface area contributed by atoms with Gasteiger partial charge < -0.3 is 25.6 Å². The summed E-state index contributed by atoms with van der Waals surface area (Å²) in [4.78, 5) is 25.4. The van der Waals surface area contributed by atoms with Crippen LogP contribution in [0.5, 0.6) is 0 Å². The van der Waals surface area contributed by atoms with Crippen molar-refractivity contribution in [3.8, 4) is 0 Å². The molecule has 11 heteroatoms. The lowest BCUT2D eigenvalue weighted by molar-refractivity contribution is -0.121. The minimum Gasteiger partial charge on any atom is -0.377 e. The number of nitrogens with one attached hydrogen (secondary N) is 3. The van der Waals surface area contributed by atoms with Gasteiger partial charge in [-0.3, -0.25) is 9.69 Å². The van der Waals surface area contributed by atoms with Gasteiger partial charge in [0.1, 0.15) is 12.0 Å². The van der Waals surface area contributed by atoms with E-state index in [1.807, 2.05) is 0 Å². The van der Waals surface area contributed by atoms with Crippen LogP contribution < -0.4 is 20.9 Å². The Bertz CT molecular complexity index is 1140. The van der Waals surface area contributed by atoms with Crippen LogP contribution in [0.3, 0.4) is 0 Å². The molecule has 3 aliphatic heterocycles. The van der Waals surface area contributed by atoms with Crippen molar-refractivity contribution < 1.29 is 18.3 Å². The molecule has 1 saturated carbocycles. The second-order valence-electron chi connectivity index (χ2n) is 10.2. The third-order valence-electron chi connectivity index (χ3n) is 7.60. The molecule has 1 aromatic carbocycles. The van der Waals surface area contributed by atoms with Crippen LogP contribution >= 0.6 is 0 Å². The number of fused-ring (bicyclic) bond motifs is 2. The van der Waals surface area contributed by atoms with Crippen LogP contribution in [-0.2, 0) is 9.53 Å². The van der Waals surface area contributed by atoms with Crippen molar-refractivity contribution in [3.05, 3.63) is 35.5 Å². The minimum absolute atomic E-state index is 0.0277. The zero-order valence-electron chi connectivity index (χ0n) is 20.2. The summed E-state index contributed by atoms with van der Waals surface area (Å²) in [7, 11) is 2.20. The number of likely N-dealkylation sites (tertiary alicyclic amines) is 1. The van der Waals surface area contributed by atoms with Crippen LogP contribution in [0.15, 0.2) is 24.4 Å². The van der Waals surface area contributed by atoms with Crippen molar-refractivity contribution >= 4 is 29.0 Å². The molecular formula is C25H31F2N7O2. The number of ether oxygens (including phenoxy) is 1. The second kappa shape index (κ2) is 9.44. The Morgan fingerprint density at radius 3 is 2.81 bits per heavy atom. The van der Waals surface area contributed by atoms with Crippen molar-refractivity contribution in [1.82, 2.24) is 20.2 Å². The zero-order valence-corrected chi connectivity index (χ0v) is 20.2. The molecule has 4 aliphatic rings. The van der Waals surface area contributed by atoms with Gasteiger partial charge in [0.25, 0.3) is 6.43 Å². The number of aromatic nitrogens is 2. The lowest BCUT2D eigenvalue weighted by atomic mass is 10.1. The van der Waals surface area contributed by atoms with E-state index in [1.54, 1.807) is 0 Å². The Kier molecular flexibility index (Phi) is 6.12. The second-order valence-corrected chi connectivity index (χ2v) is 10.2. The molecule has 3 unspecified atom stereocenters. The molecule has 192 valence electrons. The summed E-state index contributed by atoms with van der Waals surface area (Å²) in [5.41, 5.74) is 3.02. The maximum Gasteiger partial charge on any atom is 0.268 e. The Morgan fingerprint density at radius 1 is 1.22 bits per heavy atom. The highest BCUT2D eigenvalue weighted by molar-refractivity contribution is 5.77. The fourth-order valence-corrected chi connectivity index (χ4v) is 5.52. The molecule has 3 N–H and O–H groups in total. The zero-order chi connectivity index (χ0) is 24.8. The first kappa shape index (κ1) is 23.4. The number of anilines is 4. The Labute approximate surface area is 208 Å². The van der Waals surface area contributed by atoms with Crippen LogP contribution in [0.2, 0.25) is 0 Å². The molecule has 2 bridgehead atoms. The summed E-state index contributed by atoms with van der Waals surface area (Å²) >= 11 is 0. The minimum atomic E-state index is -2.76. The summed E-state index contributed by atoms with van der Waals surface area (Å²) in [5, 5.41) is 8.90. The van der Waals surface area contributed by atoms with Crippen LogP contribution in [0.4, 0.5) is 31.9 Å². The average Bonchev–Trinajstić information content (AvgIpc) is 3.57. The molecule has 4 heterocycles. The standard InChI is InChI=1S/C25H31F2N7O2/c1-33-11-17-8-16(33)12-34(17)15-4-5-20(18(9-15)14-2-3-14)29-25-28-10-19(23(26)27)24(32-25)31-21-13-36-7-6-22(35)30-21/h4-5,9-10,14,16-17,21,23H,2-3,6-8,11-13H2,1H3,(H,30,35)(H2,28,29,31,32). The van der Waals surface area contributed by atoms with Gasteiger partial charge in [-0.25, -0.2) is 13.8 Å². The largest absolute Gasteiger partial charge is 0.377 e. The average molecular weight is 500 g/mol. The fourth-order valence-electron chi connectivity index (χ4n) is 5.52. The number of halogens is 2. The van der Waals surface area contributed by atoms with Crippen LogP contribution in [-0.4, -0.2) is 72.4 Å². The SMILES string of the molecule is CN1CC2CC1CN2c1ccc(Nc2ncc(C(F)F)c(NC3COCCC(=O)N3)n2)c(C2CC2)c1. The van der Waals surface area contributed by atoms with E-state index in [0.717, 1.165) is 37.8 Å². The summed E-state index contributed by atoms with van der Waals surface area (Å²) in [6.45, 7) is 2.59. The Morgan fingerprint density at radius 2 is 2.08 bits per heavy atom. The number of alkyl halides is 2. The summed E-state index contributed by atoms with van der Waals surface area (Å²) < 4.78 is 32.8. The molecule has 1 aromatic heterocycles. The molecular weight excluding hydrogens is 468 g/mol. The maximum atomic E-state index is 13.7. The van der Waals surface area contributed by atoms with E-state index >= 15 is 0 Å². The maximum absolute atomic E-state index is 13.7. The number of amides is 1. The number of rotatable bonds is 7. The van der Waals surface area contributed by atoms with E-state index < -0.39 is 12.6 Å². The molecule has 0 spiro atoms. The highest BCUT2D eigenvalue weighted by atomic mass is 19.3. The number of carbonyl (C=O) groups is 1. The van der Waals surface area contributed by atoms with E-state index in [9.17, 15) is 13.6 Å². The van der Waals surface area contributed by atoms with E-state index in [2.05, 4.69) is 61.0 Å². The van der Waals surface area contributed by atoms with E-state index in [1.165, 1.54) is 17.7 Å². The van der Waals surface area contributed by atoms with Gasteiger partial charge in [0.15, 0.2) is 0 Å². The van der Waals surface area contributed by atoms with Gasteiger partial charge in [0, 0.05) is 42.7 Å². The number of hydrogen-bond acceptors (Lipinski definition) is 8. The third kappa shape index (κ3) is 4.69. The number of hydrogen-bond donors (Lipinski definition) is 3.